The topological polar surface area (TPSA) is 9.23 Å². The standard InChI is InChI=1S/C23H20O/c1-24-23-17-15-22(16-18-23)21-13-11-20(12-14-21)10-6-5-9-19-7-3-2-4-8-19/h2-5,7-8,10-18H,9H2,1H3. The molecule has 1 nitrogen and oxygen atoms in total. The Balaban J connectivity index is 1.66. The molecule has 0 atom stereocenters. The summed E-state index contributed by atoms with van der Waals surface area (Å²) in [6.07, 6.45) is 4.98. The lowest BCUT2D eigenvalue weighted by Crippen LogP contribution is -1.82. The Morgan fingerprint density at radius 2 is 1.42 bits per heavy atom. The lowest BCUT2D eigenvalue weighted by molar-refractivity contribution is 0.415. The van der Waals surface area contributed by atoms with Gasteiger partial charge in [-0.2, -0.15) is 0 Å². The SMILES string of the molecule is COc1ccc(-c2ccc(C=C=CCc3ccccc3)cc2)cc1. The van der Waals surface area contributed by atoms with Crippen molar-refractivity contribution in [2.45, 2.75) is 6.42 Å². The van der Waals surface area contributed by atoms with E-state index >= 15 is 0 Å². The van der Waals surface area contributed by atoms with Crippen molar-refractivity contribution >= 4 is 6.08 Å². The van der Waals surface area contributed by atoms with Gasteiger partial charge in [-0.1, -0.05) is 66.7 Å². The molecule has 0 saturated heterocycles. The third-order valence-corrected chi connectivity index (χ3v) is 3.88. The molecular formula is C23H20O. The smallest absolute Gasteiger partial charge is 0.118 e. The quantitative estimate of drug-likeness (QED) is 0.543. The Morgan fingerprint density at radius 3 is 2.04 bits per heavy atom. The van der Waals surface area contributed by atoms with Gasteiger partial charge in [0.1, 0.15) is 5.75 Å². The van der Waals surface area contributed by atoms with Crippen molar-refractivity contribution in [3.8, 4) is 16.9 Å². The first-order valence-electron chi connectivity index (χ1n) is 8.04. The molecule has 0 aliphatic heterocycles. The van der Waals surface area contributed by atoms with Crippen LogP contribution >= 0.6 is 0 Å². The Bertz CT molecular complexity index is 821. The highest BCUT2D eigenvalue weighted by Crippen LogP contribution is 2.22. The fourth-order valence-corrected chi connectivity index (χ4v) is 2.50. The van der Waals surface area contributed by atoms with Crippen molar-refractivity contribution in [3.63, 3.8) is 0 Å². The van der Waals surface area contributed by atoms with Crippen LogP contribution in [0.2, 0.25) is 0 Å². The summed E-state index contributed by atoms with van der Waals surface area (Å²) in [6.45, 7) is 0. The second-order valence-corrected chi connectivity index (χ2v) is 5.56. The van der Waals surface area contributed by atoms with Crippen molar-refractivity contribution in [1.82, 2.24) is 0 Å². The molecule has 0 unspecified atom stereocenters. The van der Waals surface area contributed by atoms with Crippen LogP contribution in [0, 0.1) is 0 Å². The van der Waals surface area contributed by atoms with Crippen LogP contribution in [0.15, 0.2) is 90.7 Å². The molecule has 118 valence electrons. The average molecular weight is 312 g/mol. The van der Waals surface area contributed by atoms with Crippen LogP contribution in [0.3, 0.4) is 0 Å². The average Bonchev–Trinajstić information content (AvgIpc) is 2.67. The van der Waals surface area contributed by atoms with Gasteiger partial charge >= 0.3 is 0 Å². The van der Waals surface area contributed by atoms with E-state index in [0.29, 0.717) is 0 Å². The summed E-state index contributed by atoms with van der Waals surface area (Å²) in [5.41, 5.74) is 8.09. The zero-order valence-electron chi connectivity index (χ0n) is 13.8. The molecule has 0 aliphatic rings. The number of allylic oxidation sites excluding steroid dienone is 1. The largest absolute Gasteiger partial charge is 0.497 e. The normalized spacial score (nSPS) is 9.88. The zero-order chi connectivity index (χ0) is 16.6. The molecular weight excluding hydrogens is 292 g/mol. The Kier molecular flexibility index (Phi) is 5.29. The highest BCUT2D eigenvalue weighted by molar-refractivity contribution is 5.66. The fourth-order valence-electron chi connectivity index (χ4n) is 2.50. The van der Waals surface area contributed by atoms with Gasteiger partial charge in [-0.15, -0.1) is 5.73 Å². The number of benzene rings is 3. The molecule has 3 aromatic carbocycles. The summed E-state index contributed by atoms with van der Waals surface area (Å²) < 4.78 is 5.19. The molecule has 0 N–H and O–H groups in total. The highest BCUT2D eigenvalue weighted by Gasteiger charge is 1.98. The maximum Gasteiger partial charge on any atom is 0.118 e. The summed E-state index contributed by atoms with van der Waals surface area (Å²) in [4.78, 5) is 0. The van der Waals surface area contributed by atoms with Gasteiger partial charge in [-0.25, -0.2) is 0 Å². The Morgan fingerprint density at radius 1 is 0.792 bits per heavy atom. The summed E-state index contributed by atoms with van der Waals surface area (Å²) >= 11 is 0. The number of hydrogen-bond donors (Lipinski definition) is 0. The lowest BCUT2D eigenvalue weighted by Gasteiger charge is -2.04. The molecule has 0 aromatic heterocycles. The van der Waals surface area contributed by atoms with Gasteiger partial charge in [-0.3, -0.25) is 0 Å². The van der Waals surface area contributed by atoms with Crippen LogP contribution in [0.25, 0.3) is 17.2 Å². The van der Waals surface area contributed by atoms with E-state index in [1.165, 1.54) is 16.7 Å². The van der Waals surface area contributed by atoms with Gasteiger partial charge in [0.25, 0.3) is 0 Å². The van der Waals surface area contributed by atoms with Gasteiger partial charge in [0.2, 0.25) is 0 Å². The first-order chi connectivity index (χ1) is 11.8. The third-order valence-electron chi connectivity index (χ3n) is 3.88. The summed E-state index contributed by atoms with van der Waals surface area (Å²) in [5, 5.41) is 0. The Labute approximate surface area is 143 Å². The maximum atomic E-state index is 5.19. The second-order valence-electron chi connectivity index (χ2n) is 5.56. The van der Waals surface area contributed by atoms with E-state index in [0.717, 1.165) is 17.7 Å². The van der Waals surface area contributed by atoms with Crippen molar-refractivity contribution in [2.75, 3.05) is 7.11 Å². The van der Waals surface area contributed by atoms with E-state index in [1.807, 2.05) is 24.3 Å². The zero-order valence-corrected chi connectivity index (χ0v) is 13.8. The van der Waals surface area contributed by atoms with E-state index in [2.05, 4.69) is 72.5 Å². The summed E-state index contributed by atoms with van der Waals surface area (Å²) in [6, 6.07) is 27.0. The van der Waals surface area contributed by atoms with Gasteiger partial charge in [0.05, 0.1) is 7.11 Å². The number of hydrogen-bond acceptors (Lipinski definition) is 1. The molecule has 0 amide bonds. The van der Waals surface area contributed by atoms with Gasteiger partial charge < -0.3 is 4.74 Å². The van der Waals surface area contributed by atoms with Crippen LogP contribution in [0.1, 0.15) is 11.1 Å². The Hall–Kier alpha value is -3.02. The van der Waals surface area contributed by atoms with E-state index < -0.39 is 0 Å². The van der Waals surface area contributed by atoms with Crippen molar-refractivity contribution < 1.29 is 4.74 Å². The summed E-state index contributed by atoms with van der Waals surface area (Å²) in [7, 11) is 1.68. The second kappa shape index (κ2) is 8.01. The molecule has 24 heavy (non-hydrogen) atoms. The molecule has 0 fully saturated rings. The van der Waals surface area contributed by atoms with Crippen LogP contribution in [0.4, 0.5) is 0 Å². The van der Waals surface area contributed by atoms with Crippen LogP contribution in [0.5, 0.6) is 5.75 Å². The van der Waals surface area contributed by atoms with Crippen LogP contribution in [-0.2, 0) is 6.42 Å². The predicted molar refractivity (Wildman–Crippen MR) is 101 cm³/mol. The fraction of sp³-hybridized carbons (Fsp3) is 0.0870. The molecule has 3 aromatic rings. The molecule has 0 aliphatic carbocycles. The molecule has 0 bridgehead atoms. The number of rotatable bonds is 5. The number of ether oxygens (including phenoxy) is 1. The van der Waals surface area contributed by atoms with Crippen LogP contribution in [-0.4, -0.2) is 7.11 Å². The molecule has 0 radical (unpaired) electrons. The predicted octanol–water partition coefficient (Wildman–Crippen LogP) is 5.77. The highest BCUT2D eigenvalue weighted by atomic mass is 16.5. The minimum atomic E-state index is 0.877. The monoisotopic (exact) mass is 312 g/mol. The lowest BCUT2D eigenvalue weighted by atomic mass is 10.0. The minimum Gasteiger partial charge on any atom is -0.497 e. The van der Waals surface area contributed by atoms with E-state index in [4.69, 9.17) is 4.74 Å². The first kappa shape index (κ1) is 15.9. The minimum absolute atomic E-state index is 0.877. The van der Waals surface area contributed by atoms with Gasteiger partial charge in [-0.05, 0) is 53.0 Å². The number of methoxy groups -OCH3 is 1. The molecule has 3 rings (SSSR count). The molecule has 0 heterocycles. The maximum absolute atomic E-state index is 5.19. The third kappa shape index (κ3) is 4.25. The molecule has 0 spiro atoms. The van der Waals surface area contributed by atoms with Gasteiger partial charge in [0, 0.05) is 0 Å². The van der Waals surface area contributed by atoms with Crippen LogP contribution < -0.4 is 4.74 Å². The molecule has 0 saturated carbocycles. The van der Waals surface area contributed by atoms with E-state index in [1.54, 1.807) is 7.11 Å². The summed E-state index contributed by atoms with van der Waals surface area (Å²) in [5.74, 6) is 0.877. The van der Waals surface area contributed by atoms with Gasteiger partial charge in [0.15, 0.2) is 0 Å². The van der Waals surface area contributed by atoms with Crippen molar-refractivity contribution in [1.29, 1.82) is 0 Å². The van der Waals surface area contributed by atoms with Crippen molar-refractivity contribution in [3.05, 3.63) is 102 Å². The molecule has 1 heteroatoms. The van der Waals surface area contributed by atoms with Crippen molar-refractivity contribution in [2.24, 2.45) is 0 Å². The van der Waals surface area contributed by atoms with E-state index in [-0.39, 0.29) is 0 Å². The first-order valence-corrected chi connectivity index (χ1v) is 8.04. The van der Waals surface area contributed by atoms with E-state index in [9.17, 15) is 0 Å².